The molecule has 0 saturated carbocycles. The second kappa shape index (κ2) is 5.78. The van der Waals surface area contributed by atoms with Crippen LogP contribution in [-0.4, -0.2) is 33.6 Å². The smallest absolute Gasteiger partial charge is 0.312 e. The summed E-state index contributed by atoms with van der Waals surface area (Å²) >= 11 is 6.65. The molecule has 118 valence electrons. The first-order valence-electron chi connectivity index (χ1n) is 6.97. The van der Waals surface area contributed by atoms with E-state index in [0.717, 1.165) is 31.0 Å². The number of hydrogen-bond acceptors (Lipinski definition) is 5. The van der Waals surface area contributed by atoms with Crippen molar-refractivity contribution in [2.75, 3.05) is 18.0 Å². The van der Waals surface area contributed by atoms with Gasteiger partial charge in [-0.2, -0.15) is 0 Å². The van der Waals surface area contributed by atoms with E-state index >= 15 is 0 Å². The van der Waals surface area contributed by atoms with Gasteiger partial charge in [0.25, 0.3) is 0 Å². The van der Waals surface area contributed by atoms with Gasteiger partial charge >= 0.3 is 5.69 Å². The lowest BCUT2D eigenvalue weighted by molar-refractivity contribution is -0.384. The molecule has 7 nitrogen and oxygen atoms in total. The molecular weight excluding hydrogens is 418 g/mol. The number of halogens is 2. The Morgan fingerprint density at radius 3 is 2.82 bits per heavy atom. The minimum absolute atomic E-state index is 0.0127. The third kappa shape index (κ3) is 2.40. The van der Waals surface area contributed by atoms with Gasteiger partial charge in [-0.25, -0.2) is 4.98 Å². The van der Waals surface area contributed by atoms with Crippen LogP contribution in [0.2, 0.25) is 0 Å². The number of anilines is 1. The fourth-order valence-electron chi connectivity index (χ4n) is 2.86. The number of fused-ring (bicyclic) bond motifs is 1. The normalized spacial score (nSPS) is 18.4. The van der Waals surface area contributed by atoms with Crippen LogP contribution in [0.4, 0.5) is 11.6 Å². The van der Waals surface area contributed by atoms with E-state index in [4.69, 9.17) is 5.73 Å². The van der Waals surface area contributed by atoms with Gasteiger partial charge < -0.3 is 15.2 Å². The molecule has 2 N–H and O–H groups in total. The number of aryl methyl sites for hydroxylation is 1. The number of rotatable bonds is 3. The minimum Gasteiger partial charge on any atom is -0.341 e. The molecule has 1 aliphatic heterocycles. The maximum absolute atomic E-state index is 11.4. The second-order valence-electron chi connectivity index (χ2n) is 5.30. The molecule has 22 heavy (non-hydrogen) atoms. The van der Waals surface area contributed by atoms with Gasteiger partial charge in [0, 0.05) is 30.1 Å². The molecule has 0 radical (unpaired) electrons. The van der Waals surface area contributed by atoms with Gasteiger partial charge in [-0.3, -0.25) is 10.1 Å². The van der Waals surface area contributed by atoms with Gasteiger partial charge in [-0.15, -0.1) is 0 Å². The Balaban J connectivity index is 2.27. The Hall–Kier alpha value is -1.19. The first kappa shape index (κ1) is 15.7. The summed E-state index contributed by atoms with van der Waals surface area (Å²) in [6.45, 7) is 4.23. The number of nitrogens with zero attached hydrogens (tertiary/aromatic N) is 4. The molecule has 1 fully saturated rings. The van der Waals surface area contributed by atoms with E-state index in [1.54, 1.807) is 0 Å². The highest BCUT2D eigenvalue weighted by Gasteiger charge is 2.29. The van der Waals surface area contributed by atoms with Crippen LogP contribution >= 0.6 is 31.9 Å². The van der Waals surface area contributed by atoms with Crippen molar-refractivity contribution in [2.45, 2.75) is 25.9 Å². The highest BCUT2D eigenvalue weighted by atomic mass is 79.9. The summed E-state index contributed by atoms with van der Waals surface area (Å²) in [4.78, 5) is 17.7. The Morgan fingerprint density at radius 1 is 1.55 bits per heavy atom. The first-order valence-corrected chi connectivity index (χ1v) is 8.55. The van der Waals surface area contributed by atoms with Gasteiger partial charge in [0.2, 0.25) is 5.95 Å². The number of nitro groups is 1. The summed E-state index contributed by atoms with van der Waals surface area (Å²) in [6, 6.07) is 1.99. The zero-order valence-corrected chi connectivity index (χ0v) is 15.1. The molecule has 0 aliphatic carbocycles. The quantitative estimate of drug-likeness (QED) is 0.594. The van der Waals surface area contributed by atoms with Crippen molar-refractivity contribution in [2.24, 2.45) is 5.73 Å². The number of nitrogens with two attached hydrogens (primary N) is 1. The monoisotopic (exact) mass is 431 g/mol. The van der Waals surface area contributed by atoms with E-state index in [-0.39, 0.29) is 11.7 Å². The van der Waals surface area contributed by atoms with Gasteiger partial charge in [0.15, 0.2) is 5.52 Å². The molecule has 1 atom stereocenters. The van der Waals surface area contributed by atoms with Crippen LogP contribution in [0.5, 0.6) is 0 Å². The Morgan fingerprint density at radius 2 is 2.27 bits per heavy atom. The van der Waals surface area contributed by atoms with Gasteiger partial charge in [0.05, 0.1) is 10.4 Å². The first-order chi connectivity index (χ1) is 10.4. The minimum atomic E-state index is -0.399. The van der Waals surface area contributed by atoms with Crippen LogP contribution in [0.15, 0.2) is 15.0 Å². The van der Waals surface area contributed by atoms with Gasteiger partial charge in [0.1, 0.15) is 4.47 Å². The van der Waals surface area contributed by atoms with Crippen molar-refractivity contribution in [3.05, 3.63) is 25.1 Å². The van der Waals surface area contributed by atoms with E-state index in [0.29, 0.717) is 21.0 Å². The predicted octanol–water partition coefficient (Wildman–Crippen LogP) is 3.03. The Labute approximate surface area is 143 Å². The van der Waals surface area contributed by atoms with Crippen LogP contribution in [0, 0.1) is 10.1 Å². The standard InChI is InChI=1S/C13H15Br2N5O2/c1-2-19-9-5-8(14)10(15)12(20(21)22)11(9)17-13(19)18-4-3-7(16)6-18/h5,7H,2-4,6,16H2,1H3/t7-/m0/s1. The number of aromatic nitrogens is 2. The molecule has 0 unspecified atom stereocenters. The third-order valence-electron chi connectivity index (χ3n) is 3.90. The number of imidazole rings is 1. The number of hydrogen-bond donors (Lipinski definition) is 1. The number of nitro benzene ring substituents is 1. The Kier molecular flexibility index (Phi) is 4.13. The van der Waals surface area contributed by atoms with E-state index in [2.05, 4.69) is 41.7 Å². The summed E-state index contributed by atoms with van der Waals surface area (Å²) < 4.78 is 3.05. The lowest BCUT2D eigenvalue weighted by Gasteiger charge is -2.18. The summed E-state index contributed by atoms with van der Waals surface area (Å²) in [5.41, 5.74) is 7.11. The molecule has 0 spiro atoms. The fraction of sp³-hybridized carbons (Fsp3) is 0.462. The molecule has 9 heteroatoms. The van der Waals surface area contributed by atoms with Gasteiger partial charge in [-0.1, -0.05) is 0 Å². The molecule has 1 aromatic carbocycles. The molecule has 0 bridgehead atoms. The van der Waals surface area contributed by atoms with E-state index < -0.39 is 4.92 Å². The maximum Gasteiger partial charge on any atom is 0.312 e. The molecule has 2 aromatic rings. The van der Waals surface area contributed by atoms with Crippen molar-refractivity contribution < 1.29 is 4.92 Å². The highest BCUT2D eigenvalue weighted by Crippen LogP contribution is 2.40. The Bertz CT molecular complexity index is 761. The summed E-state index contributed by atoms with van der Waals surface area (Å²) in [5, 5.41) is 11.4. The predicted molar refractivity (Wildman–Crippen MR) is 92.3 cm³/mol. The molecule has 1 saturated heterocycles. The lowest BCUT2D eigenvalue weighted by atomic mass is 10.2. The average Bonchev–Trinajstić information content (AvgIpc) is 3.02. The molecule has 1 aromatic heterocycles. The zero-order chi connectivity index (χ0) is 16.0. The van der Waals surface area contributed by atoms with Gasteiger partial charge in [-0.05, 0) is 51.3 Å². The average molecular weight is 433 g/mol. The fourth-order valence-corrected chi connectivity index (χ4v) is 3.71. The van der Waals surface area contributed by atoms with Crippen molar-refractivity contribution >= 4 is 54.5 Å². The molecule has 3 rings (SSSR count). The lowest BCUT2D eigenvalue weighted by Crippen LogP contribution is -2.28. The largest absolute Gasteiger partial charge is 0.341 e. The van der Waals surface area contributed by atoms with E-state index in [1.165, 1.54) is 0 Å². The topological polar surface area (TPSA) is 90.2 Å². The van der Waals surface area contributed by atoms with Crippen LogP contribution in [0.25, 0.3) is 11.0 Å². The SMILES string of the molecule is CCn1c(N2CC[C@H](N)C2)nc2c([N+](=O)[O-])c(Br)c(Br)cc21. The molecular formula is C13H15Br2N5O2. The summed E-state index contributed by atoms with van der Waals surface area (Å²) in [5.74, 6) is 0.749. The summed E-state index contributed by atoms with van der Waals surface area (Å²) in [6.07, 6.45) is 0.905. The molecule has 0 amide bonds. The summed E-state index contributed by atoms with van der Waals surface area (Å²) in [7, 11) is 0. The van der Waals surface area contributed by atoms with E-state index in [1.807, 2.05) is 17.6 Å². The third-order valence-corrected chi connectivity index (χ3v) is 5.86. The second-order valence-corrected chi connectivity index (χ2v) is 6.94. The van der Waals surface area contributed by atoms with Crippen molar-refractivity contribution in [1.29, 1.82) is 0 Å². The van der Waals surface area contributed by atoms with Crippen LogP contribution in [0.1, 0.15) is 13.3 Å². The van der Waals surface area contributed by atoms with Crippen LogP contribution < -0.4 is 10.6 Å². The molecule has 2 heterocycles. The van der Waals surface area contributed by atoms with Crippen molar-refractivity contribution in [3.63, 3.8) is 0 Å². The molecule has 1 aliphatic rings. The number of benzene rings is 1. The maximum atomic E-state index is 11.4. The van der Waals surface area contributed by atoms with Crippen LogP contribution in [0.3, 0.4) is 0 Å². The van der Waals surface area contributed by atoms with Crippen molar-refractivity contribution in [3.8, 4) is 0 Å². The van der Waals surface area contributed by atoms with Crippen molar-refractivity contribution in [1.82, 2.24) is 9.55 Å². The highest BCUT2D eigenvalue weighted by molar-refractivity contribution is 9.13. The zero-order valence-electron chi connectivity index (χ0n) is 11.9. The van der Waals surface area contributed by atoms with E-state index in [9.17, 15) is 10.1 Å². The van der Waals surface area contributed by atoms with Crippen LogP contribution in [-0.2, 0) is 6.54 Å².